The monoisotopic (exact) mass is 496 g/mol. The molecule has 0 amide bonds. The Labute approximate surface area is 211 Å². The van der Waals surface area contributed by atoms with Crippen LogP contribution in [0.5, 0.6) is 0 Å². The molecule has 4 heterocycles. The van der Waals surface area contributed by atoms with Crippen molar-refractivity contribution in [1.82, 2.24) is 19.9 Å². The van der Waals surface area contributed by atoms with E-state index in [-0.39, 0.29) is 18.1 Å². The minimum absolute atomic E-state index is 0.275. The molecule has 0 unspecified atom stereocenters. The Balaban J connectivity index is 1.25. The fourth-order valence-electron chi connectivity index (χ4n) is 4.58. The Bertz CT molecular complexity index is 1620. The first-order valence-corrected chi connectivity index (χ1v) is 11.7. The van der Waals surface area contributed by atoms with Crippen molar-refractivity contribution >= 4 is 22.5 Å². The molecule has 9 heteroatoms. The summed E-state index contributed by atoms with van der Waals surface area (Å²) in [6, 6.07) is 11.1. The summed E-state index contributed by atoms with van der Waals surface area (Å²) in [4.78, 5) is 17.5. The van der Waals surface area contributed by atoms with Crippen LogP contribution in [0.3, 0.4) is 0 Å². The number of benzene rings is 2. The predicted molar refractivity (Wildman–Crippen MR) is 137 cm³/mol. The number of nitrogens with one attached hydrogen (secondary N) is 2. The third-order valence-corrected chi connectivity index (χ3v) is 6.41. The van der Waals surface area contributed by atoms with Crippen LogP contribution in [-0.2, 0) is 11.2 Å². The van der Waals surface area contributed by atoms with Gasteiger partial charge in [0.1, 0.15) is 29.2 Å². The van der Waals surface area contributed by atoms with Crippen LogP contribution in [0.2, 0.25) is 0 Å². The maximum Gasteiger partial charge on any atom is 0.160 e. The first-order valence-electron chi connectivity index (χ1n) is 11.7. The largest absolute Gasteiger partial charge is 0.492 e. The van der Waals surface area contributed by atoms with Crippen molar-refractivity contribution in [2.24, 2.45) is 0 Å². The molecule has 2 aromatic heterocycles. The number of H-pyrrole nitrogens is 1. The van der Waals surface area contributed by atoms with Gasteiger partial charge in [0.15, 0.2) is 5.65 Å². The van der Waals surface area contributed by atoms with E-state index < -0.39 is 0 Å². The number of rotatable bonds is 6. The number of aromatic amines is 1. The molecule has 184 valence electrons. The molecule has 7 nitrogen and oxygen atoms in total. The van der Waals surface area contributed by atoms with Crippen molar-refractivity contribution in [1.29, 1.82) is 0 Å². The summed E-state index contributed by atoms with van der Waals surface area (Å²) in [5.74, 6) is 0.000294. The van der Waals surface area contributed by atoms with Crippen LogP contribution < -0.4 is 10.2 Å². The molecule has 0 saturated carbocycles. The summed E-state index contributed by atoms with van der Waals surface area (Å²) in [5.41, 5.74) is 6.45. The second kappa shape index (κ2) is 9.02. The summed E-state index contributed by atoms with van der Waals surface area (Å²) in [6.07, 6.45) is 5.93. The van der Waals surface area contributed by atoms with Crippen LogP contribution in [0.15, 0.2) is 103 Å². The second-order valence-electron chi connectivity index (χ2n) is 8.76. The fraction of sp³-hybridized carbons (Fsp3) is 0.107. The third kappa shape index (κ3) is 4.14. The van der Waals surface area contributed by atoms with E-state index in [1.54, 1.807) is 30.6 Å². The molecule has 2 aliphatic heterocycles. The molecule has 2 aliphatic rings. The van der Waals surface area contributed by atoms with Crippen LogP contribution in [0.1, 0.15) is 17.7 Å². The number of hydrogen-bond acceptors (Lipinski definition) is 6. The molecule has 1 fully saturated rings. The number of fused-ring (bicyclic) bond motifs is 2. The highest BCUT2D eigenvalue weighted by molar-refractivity contribution is 5.73. The number of nitrogens with zero attached hydrogens (tertiary/aromatic N) is 4. The number of ether oxygens (including phenoxy) is 1. The highest BCUT2D eigenvalue weighted by Gasteiger charge is 2.31. The average molecular weight is 497 g/mol. The normalized spacial score (nSPS) is 15.0. The average Bonchev–Trinajstić information content (AvgIpc) is 3.56. The molecule has 2 aromatic carbocycles. The molecule has 0 radical (unpaired) electrons. The number of anilines is 2. The number of halogens is 2. The van der Waals surface area contributed by atoms with Gasteiger partial charge in [-0.2, -0.15) is 0 Å². The number of hydrogen-bond donors (Lipinski definition) is 2. The van der Waals surface area contributed by atoms with Crippen LogP contribution in [-0.4, -0.2) is 26.5 Å². The van der Waals surface area contributed by atoms with E-state index in [1.165, 1.54) is 24.5 Å². The molecular weight excluding hydrogens is 474 g/mol. The number of imidazole rings is 1. The zero-order chi connectivity index (χ0) is 25.5. The van der Waals surface area contributed by atoms with Gasteiger partial charge in [-0.05, 0) is 42.0 Å². The molecule has 1 saturated heterocycles. The van der Waals surface area contributed by atoms with E-state index in [0.717, 1.165) is 17.7 Å². The van der Waals surface area contributed by atoms with Gasteiger partial charge in [0, 0.05) is 41.7 Å². The highest BCUT2D eigenvalue weighted by Crippen LogP contribution is 2.40. The summed E-state index contributed by atoms with van der Waals surface area (Å²) in [5, 5.41) is 3.20. The standard InChI is InChI=1S/C28H22F2N6O/c1-16(25-17(2)36(13-19-9-10-37-27(19)25)22-7-4-20(29)5-8-22)35-21-6-3-18(23(30)12-21)11-24-26-28(33-14-31-24)34-15-32-26/h3-8,12-15,35H,1-2,9-11H2,(H,31,32,33,34). The summed E-state index contributed by atoms with van der Waals surface area (Å²) in [6.45, 7) is 8.99. The van der Waals surface area contributed by atoms with E-state index in [9.17, 15) is 4.39 Å². The lowest BCUT2D eigenvalue weighted by molar-refractivity contribution is 0.263. The highest BCUT2D eigenvalue weighted by atomic mass is 19.1. The van der Waals surface area contributed by atoms with Gasteiger partial charge < -0.3 is 19.9 Å². The van der Waals surface area contributed by atoms with Gasteiger partial charge in [0.25, 0.3) is 0 Å². The van der Waals surface area contributed by atoms with Crippen LogP contribution >= 0.6 is 0 Å². The Morgan fingerprint density at radius 3 is 2.76 bits per heavy atom. The van der Waals surface area contributed by atoms with Crippen molar-refractivity contribution in [2.75, 3.05) is 16.8 Å². The third-order valence-electron chi connectivity index (χ3n) is 6.41. The smallest absolute Gasteiger partial charge is 0.160 e. The van der Waals surface area contributed by atoms with Crippen molar-refractivity contribution in [3.05, 3.63) is 126 Å². The lowest BCUT2D eigenvalue weighted by atomic mass is 9.98. The molecule has 0 bridgehead atoms. The Morgan fingerprint density at radius 2 is 1.95 bits per heavy atom. The van der Waals surface area contributed by atoms with Crippen molar-refractivity contribution in [3.63, 3.8) is 0 Å². The van der Waals surface area contributed by atoms with E-state index in [4.69, 9.17) is 4.74 Å². The Kier molecular flexibility index (Phi) is 5.52. The van der Waals surface area contributed by atoms with E-state index >= 15 is 4.39 Å². The predicted octanol–water partition coefficient (Wildman–Crippen LogP) is 5.74. The number of aromatic nitrogens is 4. The van der Waals surface area contributed by atoms with Crippen molar-refractivity contribution in [3.8, 4) is 0 Å². The molecule has 6 rings (SSSR count). The lowest BCUT2D eigenvalue weighted by Gasteiger charge is -2.31. The molecule has 37 heavy (non-hydrogen) atoms. The maximum absolute atomic E-state index is 15.1. The van der Waals surface area contributed by atoms with Crippen molar-refractivity contribution in [2.45, 2.75) is 12.8 Å². The minimum Gasteiger partial charge on any atom is -0.492 e. The van der Waals surface area contributed by atoms with Crippen molar-refractivity contribution < 1.29 is 13.5 Å². The summed E-state index contributed by atoms with van der Waals surface area (Å²) >= 11 is 0. The maximum atomic E-state index is 15.1. The fourth-order valence-corrected chi connectivity index (χ4v) is 4.58. The molecule has 4 aromatic rings. The topological polar surface area (TPSA) is 79.0 Å². The minimum atomic E-state index is -0.383. The van der Waals surface area contributed by atoms with E-state index in [1.807, 2.05) is 11.1 Å². The zero-order valence-corrected chi connectivity index (χ0v) is 19.8. The number of allylic oxidation sites excluding steroid dienone is 1. The van der Waals surface area contributed by atoms with Crippen LogP contribution in [0.4, 0.5) is 20.2 Å². The molecule has 0 spiro atoms. The SMILES string of the molecule is C=C(Nc1ccc(Cc2ncnc3[nH]cnc23)c(F)c1)C1=C2OCCC2=CN(c2ccc(F)cc2)C1=C. The first-order chi connectivity index (χ1) is 18.0. The van der Waals surface area contributed by atoms with Gasteiger partial charge in [-0.1, -0.05) is 19.2 Å². The van der Waals surface area contributed by atoms with Crippen LogP contribution in [0, 0.1) is 11.6 Å². The Morgan fingerprint density at radius 1 is 1.11 bits per heavy atom. The summed E-state index contributed by atoms with van der Waals surface area (Å²) in [7, 11) is 0. The summed E-state index contributed by atoms with van der Waals surface area (Å²) < 4.78 is 34.5. The van der Waals surface area contributed by atoms with Crippen LogP contribution in [0.25, 0.3) is 11.2 Å². The zero-order valence-electron chi connectivity index (χ0n) is 19.8. The molecule has 0 aliphatic carbocycles. The first kappa shape index (κ1) is 22.7. The molecule has 0 atom stereocenters. The van der Waals surface area contributed by atoms with Gasteiger partial charge in [-0.25, -0.2) is 23.7 Å². The van der Waals surface area contributed by atoms with E-state index in [0.29, 0.717) is 57.4 Å². The van der Waals surface area contributed by atoms with Gasteiger partial charge in [0.2, 0.25) is 0 Å². The van der Waals surface area contributed by atoms with Gasteiger partial charge in [-0.3, -0.25) is 0 Å². The molecular formula is C28H22F2N6O. The molecule has 2 N–H and O–H groups in total. The van der Waals surface area contributed by atoms with Gasteiger partial charge >= 0.3 is 0 Å². The van der Waals surface area contributed by atoms with Gasteiger partial charge in [-0.15, -0.1) is 0 Å². The Hall–Kier alpha value is -4.79. The van der Waals surface area contributed by atoms with Gasteiger partial charge in [0.05, 0.1) is 29.9 Å². The quantitative estimate of drug-likeness (QED) is 0.355. The lowest BCUT2D eigenvalue weighted by Crippen LogP contribution is -2.24. The second-order valence-corrected chi connectivity index (χ2v) is 8.76. The van der Waals surface area contributed by atoms with E-state index in [2.05, 4.69) is 38.4 Å².